The summed E-state index contributed by atoms with van der Waals surface area (Å²) in [6, 6.07) is -0.115. The van der Waals surface area contributed by atoms with Crippen LogP contribution in [-0.4, -0.2) is 234 Å². The molecule has 0 spiro atoms. The lowest BCUT2D eigenvalue weighted by atomic mass is 9.59. The van der Waals surface area contributed by atoms with Gasteiger partial charge in [-0.05, 0) is 45.0 Å². The third-order valence-corrected chi connectivity index (χ3v) is 23.6. The number of allylic oxidation sites excluding steroid dienone is 5. The fourth-order valence-corrected chi connectivity index (χ4v) is 16.3. The predicted octanol–water partition coefficient (Wildman–Crippen LogP) is -28.1. The summed E-state index contributed by atoms with van der Waals surface area (Å²) in [5.74, 6) is 6.66. The molecule has 382 valence electrons. The van der Waals surface area contributed by atoms with E-state index in [1.807, 2.05) is 0 Å². The van der Waals surface area contributed by atoms with Crippen molar-refractivity contribution >= 4 is 387 Å². The highest BCUT2D eigenvalue weighted by Gasteiger charge is 2.41. The molecule has 0 fully saturated rings. The van der Waals surface area contributed by atoms with E-state index in [2.05, 4.69) is 238 Å². The molecule has 0 saturated carbocycles. The van der Waals surface area contributed by atoms with Crippen LogP contribution in [0.4, 0.5) is 11.4 Å². The molecule has 8 aromatic rings. The highest BCUT2D eigenvalue weighted by molar-refractivity contribution is 6.71. The Morgan fingerprint density at radius 2 is 0.753 bits per heavy atom. The van der Waals surface area contributed by atoms with Gasteiger partial charge in [-0.3, -0.25) is 0 Å². The third-order valence-electron chi connectivity index (χ3n) is 23.6. The Bertz CT molecular complexity index is 4660. The van der Waals surface area contributed by atoms with E-state index in [1.54, 1.807) is 0 Å². The predicted molar refractivity (Wildman–Crippen MR) is 460 cm³/mol. The van der Waals surface area contributed by atoms with Crippen LogP contribution in [0.3, 0.4) is 0 Å². The molecule has 11 rings (SSSR count). The number of nitrogens with zero attached hydrogens (tertiary/aromatic N) is 1. The first-order valence-corrected chi connectivity index (χ1v) is 31.4. The quantitative estimate of drug-likeness (QED) is 0.112. The van der Waals surface area contributed by atoms with Gasteiger partial charge in [-0.2, -0.15) is 0 Å². The van der Waals surface area contributed by atoms with E-state index < -0.39 is 0 Å². The molecule has 3 heterocycles. The summed E-state index contributed by atoms with van der Waals surface area (Å²) in [4.78, 5) is 2.82. The summed E-state index contributed by atoms with van der Waals surface area (Å²) in [5.41, 5.74) is 50.1. The van der Waals surface area contributed by atoms with Crippen molar-refractivity contribution in [1.29, 1.82) is 0 Å². The van der Waals surface area contributed by atoms with Crippen LogP contribution in [0.15, 0.2) is 46.1 Å². The van der Waals surface area contributed by atoms with Crippen LogP contribution >= 0.6 is 0 Å². The summed E-state index contributed by atoms with van der Waals surface area (Å²) < 4.78 is 21.2. The number of hydrogen-bond acceptors (Lipinski definition) is 4. The monoisotopic (exact) mass is 1070 g/mol. The van der Waals surface area contributed by atoms with Crippen LogP contribution < -0.4 is 97.8 Å². The van der Waals surface area contributed by atoms with Gasteiger partial charge in [-0.25, -0.2) is 0 Å². The first-order valence-electron chi connectivity index (χ1n) is 31.4. The van der Waals surface area contributed by atoms with Crippen LogP contribution in [0.25, 0.3) is 77.2 Å². The molecule has 0 aliphatic heterocycles. The van der Waals surface area contributed by atoms with E-state index in [4.69, 9.17) is 19.7 Å². The maximum Gasteiger partial charge on any atom is 0.143 e. The normalized spacial score (nSPS) is 17.0. The number of hydrogen-bond donors (Lipinski definition) is 0. The van der Waals surface area contributed by atoms with E-state index in [9.17, 15) is 0 Å². The van der Waals surface area contributed by atoms with E-state index in [-0.39, 0.29) is 17.7 Å². The van der Waals surface area contributed by atoms with E-state index in [0.29, 0.717) is 0 Å². The molecule has 4 nitrogen and oxygen atoms in total. The van der Waals surface area contributed by atoms with Gasteiger partial charge in [0.1, 0.15) is 262 Å². The Labute approximate surface area is 532 Å². The first kappa shape index (κ1) is 61.3. The summed E-state index contributed by atoms with van der Waals surface area (Å²) >= 11 is 0. The standard InChI is InChI=1S/C52H64B29NO3/c1-2-4-6-7(18(56)29(67)39(77)48(6)83-47(4)17(55)5(54)3-53)12-21(59)35(73)45(36(74)22(12)60)82(44-28(66)14(25(63)34(44)72)9-11-16-27(65)33(71)43(81)52(16)85-50(11)41(79)31(69)20(9)58)46-37(75)23(61)13(24(62)38(46)76)8-10-15-26(64)32(70)42(80)51(15)84-49(10)40(78)30(68)19(8)57/h1,26-27,44H,3,53-81H2/b17-5-. The van der Waals surface area contributed by atoms with Gasteiger partial charge in [-0.15, -0.1) is 22.8 Å². The fraction of sp³-hybridized carbons (Fsp3) is 0.0769. The Morgan fingerprint density at radius 1 is 0.400 bits per heavy atom. The second-order valence-electron chi connectivity index (χ2n) is 26.9. The van der Waals surface area contributed by atoms with Crippen molar-refractivity contribution in [2.24, 2.45) is 0 Å². The summed E-state index contributed by atoms with van der Waals surface area (Å²) in [6.45, 7) is 0. The minimum Gasteiger partial charge on any atom is -0.458 e. The van der Waals surface area contributed by atoms with E-state index in [0.717, 1.165) is 62.2 Å². The zero-order chi connectivity index (χ0) is 62.4. The van der Waals surface area contributed by atoms with Gasteiger partial charge < -0.3 is 18.2 Å². The van der Waals surface area contributed by atoms with Crippen LogP contribution in [0.5, 0.6) is 0 Å². The molecule has 0 bridgehead atoms. The number of fused-ring (bicyclic) bond motifs is 7. The highest BCUT2D eigenvalue weighted by atomic mass is 16.3. The molecule has 0 amide bonds. The number of anilines is 2. The molecule has 3 aliphatic carbocycles. The number of furan rings is 3. The molecule has 0 saturated heterocycles. The van der Waals surface area contributed by atoms with Crippen molar-refractivity contribution in [3.05, 3.63) is 72.4 Å². The van der Waals surface area contributed by atoms with Gasteiger partial charge >= 0.3 is 0 Å². The summed E-state index contributed by atoms with van der Waals surface area (Å²) in [7, 11) is 67.3. The minimum absolute atomic E-state index is 0.115. The second-order valence-corrected chi connectivity index (χ2v) is 26.9. The largest absolute Gasteiger partial charge is 0.458 e. The zero-order valence-corrected chi connectivity index (χ0v) is 57.2. The maximum atomic E-state index is 7.09. The van der Waals surface area contributed by atoms with Crippen molar-refractivity contribution in [2.75, 3.05) is 4.90 Å². The van der Waals surface area contributed by atoms with E-state index >= 15 is 0 Å². The molecule has 5 aromatic carbocycles. The summed E-state index contributed by atoms with van der Waals surface area (Å²) in [6.07, 6.45) is 7.59. The van der Waals surface area contributed by atoms with Gasteiger partial charge in [0.25, 0.3) is 0 Å². The second kappa shape index (κ2) is 21.2. The molecular weight excluding hydrogens is 1000 g/mol. The summed E-state index contributed by atoms with van der Waals surface area (Å²) in [5, 5.41) is 3.62. The van der Waals surface area contributed by atoms with Crippen LogP contribution in [0.2, 0.25) is 6.32 Å². The third kappa shape index (κ3) is 8.12. The van der Waals surface area contributed by atoms with Crippen molar-refractivity contribution in [2.45, 2.75) is 24.0 Å². The van der Waals surface area contributed by atoms with Gasteiger partial charge in [0.2, 0.25) is 0 Å². The minimum atomic E-state index is -0.115. The van der Waals surface area contributed by atoms with Gasteiger partial charge in [-0.1, -0.05) is 138 Å². The first-order chi connectivity index (χ1) is 39.8. The van der Waals surface area contributed by atoms with Crippen LogP contribution in [0, 0.1) is 12.3 Å². The number of benzene rings is 5. The molecule has 3 unspecified atom stereocenters. The molecule has 85 heavy (non-hydrogen) atoms. The molecule has 33 heteroatoms. The lowest BCUT2D eigenvalue weighted by molar-refractivity contribution is 0.603. The van der Waals surface area contributed by atoms with Crippen molar-refractivity contribution in [1.82, 2.24) is 0 Å². The fourth-order valence-electron chi connectivity index (χ4n) is 16.3. The van der Waals surface area contributed by atoms with Gasteiger partial charge in [0.15, 0.2) is 0 Å². The molecular formula is C52H64B29NO3. The van der Waals surface area contributed by atoms with Crippen LogP contribution in [0.1, 0.15) is 51.2 Å². The SMILES string of the molecule is BC/C(B)=C(/B)c1oc2c(B)c(B)c(B)c(-c3c(B)c(B)c(N(c4c(B)c(B)c(-c5c(B)c(B)c(B)c6oc7c(c56)C(B)C(B)=C7B)c(B)c4B)C4C(B)=C(B)C(c5c(B)c(B)c(B)c6oc7c(c56)C(B)C(B)=C7B)=C4B)c(B)c3B)c2c1C#C. The lowest BCUT2D eigenvalue weighted by Crippen LogP contribution is -2.55. The van der Waals surface area contributed by atoms with Crippen molar-refractivity contribution in [3.63, 3.8) is 0 Å². The molecule has 3 atom stereocenters. The number of rotatable bonds is 8. The van der Waals surface area contributed by atoms with Gasteiger partial charge in [0, 0.05) is 38.7 Å². The number of terminal acetylenes is 1. The molecule has 0 N–H and O–H groups in total. The van der Waals surface area contributed by atoms with Gasteiger partial charge in [0.05, 0.1) is 11.6 Å². The maximum absolute atomic E-state index is 7.09. The lowest BCUT2D eigenvalue weighted by Gasteiger charge is -2.42. The molecule has 3 aromatic heterocycles. The zero-order valence-electron chi connectivity index (χ0n) is 57.2. The average molecular weight is 1060 g/mol. The smallest absolute Gasteiger partial charge is 0.143 e. The Kier molecular flexibility index (Phi) is 15.3. The Balaban J connectivity index is 1.26. The Hall–Kier alpha value is -5.34. The van der Waals surface area contributed by atoms with E-state index in [1.165, 1.54) is 198 Å². The average Bonchev–Trinajstić information content (AvgIpc) is 1.71. The van der Waals surface area contributed by atoms with Crippen LogP contribution in [-0.2, 0) is 0 Å². The molecule has 3 aliphatic rings. The van der Waals surface area contributed by atoms with Crippen molar-refractivity contribution < 1.29 is 13.3 Å². The topological polar surface area (TPSA) is 42.7 Å². The highest BCUT2D eigenvalue weighted by Crippen LogP contribution is 2.49. The molecule has 0 radical (unpaired) electrons. The Morgan fingerprint density at radius 3 is 1.14 bits per heavy atom. The van der Waals surface area contributed by atoms with Crippen molar-refractivity contribution in [3.8, 4) is 34.6 Å².